The molecule has 8 heteroatoms. The van der Waals surface area contributed by atoms with Gasteiger partial charge in [-0.05, 0) is 35.9 Å². The normalized spacial score (nSPS) is 9.85. The number of methoxy groups -OCH3 is 2. The molecule has 5 N–H and O–H groups in total. The van der Waals surface area contributed by atoms with E-state index in [-0.39, 0.29) is 6.54 Å². The summed E-state index contributed by atoms with van der Waals surface area (Å²) in [6.07, 6.45) is 0. The lowest BCUT2D eigenvalue weighted by atomic mass is 10.2. The zero-order valence-corrected chi connectivity index (χ0v) is 15.2. The van der Waals surface area contributed by atoms with Gasteiger partial charge in [0, 0.05) is 11.3 Å². The van der Waals surface area contributed by atoms with Crippen molar-refractivity contribution in [3.8, 4) is 11.5 Å². The van der Waals surface area contributed by atoms with Crippen LogP contribution in [-0.2, 0) is 4.79 Å². The van der Waals surface area contributed by atoms with Crippen molar-refractivity contribution in [2.75, 3.05) is 26.5 Å². The monoisotopic (exact) mass is 370 g/mol. The highest BCUT2D eigenvalue weighted by atomic mass is 16.5. The van der Waals surface area contributed by atoms with E-state index in [1.54, 1.807) is 36.4 Å². The van der Waals surface area contributed by atoms with Crippen LogP contribution in [0.5, 0.6) is 11.5 Å². The van der Waals surface area contributed by atoms with Crippen LogP contribution >= 0.6 is 0 Å². The van der Waals surface area contributed by atoms with Gasteiger partial charge in [-0.2, -0.15) is 0 Å². The lowest BCUT2D eigenvalue weighted by molar-refractivity contribution is -0.120. The Kier molecular flexibility index (Phi) is 6.65. The third-order valence-corrected chi connectivity index (χ3v) is 3.67. The summed E-state index contributed by atoms with van der Waals surface area (Å²) in [6, 6.07) is 11.7. The van der Waals surface area contributed by atoms with E-state index in [1.165, 1.54) is 20.3 Å². The topological polar surface area (TPSA) is 115 Å². The highest BCUT2D eigenvalue weighted by Crippen LogP contribution is 2.27. The van der Waals surface area contributed by atoms with Crippen LogP contribution in [0.3, 0.4) is 0 Å². The fourth-order valence-electron chi connectivity index (χ4n) is 2.19. The largest absolute Gasteiger partial charge is 0.493 e. The molecule has 0 aliphatic rings. The molecule has 0 aliphatic heterocycles. The smallest absolute Gasteiger partial charge is 0.257 e. The van der Waals surface area contributed by atoms with Crippen molar-refractivity contribution in [3.63, 3.8) is 0 Å². The SMILES string of the molecule is C=C(NNC(=O)CNC(=O)c1ccc(OC)c(OC)c1)c1ccc(N)cc1. The van der Waals surface area contributed by atoms with Crippen molar-refractivity contribution < 1.29 is 19.1 Å². The Labute approximate surface area is 157 Å². The Morgan fingerprint density at radius 1 is 0.963 bits per heavy atom. The zero-order chi connectivity index (χ0) is 19.8. The minimum Gasteiger partial charge on any atom is -0.493 e. The van der Waals surface area contributed by atoms with Gasteiger partial charge >= 0.3 is 0 Å². The molecule has 2 aromatic carbocycles. The Balaban J connectivity index is 1.83. The summed E-state index contributed by atoms with van der Waals surface area (Å²) in [5.41, 5.74) is 13.0. The molecule has 0 unspecified atom stereocenters. The first-order chi connectivity index (χ1) is 12.9. The predicted molar refractivity (Wildman–Crippen MR) is 103 cm³/mol. The average Bonchev–Trinajstić information content (AvgIpc) is 2.70. The number of rotatable bonds is 8. The number of carbonyl (C=O) groups is 2. The van der Waals surface area contributed by atoms with Crippen molar-refractivity contribution in [1.29, 1.82) is 0 Å². The van der Waals surface area contributed by atoms with Crippen molar-refractivity contribution in [1.82, 2.24) is 16.2 Å². The van der Waals surface area contributed by atoms with Crippen LogP contribution in [0, 0.1) is 0 Å². The molecule has 0 heterocycles. The van der Waals surface area contributed by atoms with Crippen LogP contribution in [0.2, 0.25) is 0 Å². The van der Waals surface area contributed by atoms with Gasteiger partial charge in [0.15, 0.2) is 11.5 Å². The molecule has 2 aromatic rings. The summed E-state index contributed by atoms with van der Waals surface area (Å²) in [5.74, 6) is 0.0946. The van der Waals surface area contributed by atoms with E-state index >= 15 is 0 Å². The van der Waals surface area contributed by atoms with Gasteiger partial charge in [-0.1, -0.05) is 18.7 Å². The molecule has 0 saturated carbocycles. The second-order valence-electron chi connectivity index (χ2n) is 5.53. The van der Waals surface area contributed by atoms with Gasteiger partial charge in [0.2, 0.25) is 0 Å². The molecule has 27 heavy (non-hydrogen) atoms. The number of nitrogen functional groups attached to an aromatic ring is 1. The molecular weight excluding hydrogens is 348 g/mol. The van der Waals surface area contributed by atoms with E-state index in [1.807, 2.05) is 0 Å². The number of hydrazine groups is 1. The number of anilines is 1. The first kappa shape index (κ1) is 19.6. The molecular formula is C19H22N4O4. The van der Waals surface area contributed by atoms with Crippen molar-refractivity contribution in [2.24, 2.45) is 0 Å². The molecule has 0 aliphatic carbocycles. The Morgan fingerprint density at radius 2 is 1.59 bits per heavy atom. The van der Waals surface area contributed by atoms with E-state index in [0.29, 0.717) is 28.4 Å². The molecule has 2 amide bonds. The molecule has 0 atom stereocenters. The minimum atomic E-state index is -0.430. The van der Waals surface area contributed by atoms with E-state index in [9.17, 15) is 9.59 Å². The number of amides is 2. The van der Waals surface area contributed by atoms with Gasteiger partial charge in [0.25, 0.3) is 11.8 Å². The van der Waals surface area contributed by atoms with E-state index in [0.717, 1.165) is 5.56 Å². The van der Waals surface area contributed by atoms with Crippen molar-refractivity contribution in [2.45, 2.75) is 0 Å². The summed E-state index contributed by atoms with van der Waals surface area (Å²) < 4.78 is 10.3. The standard InChI is InChI=1S/C19H22N4O4/c1-12(13-4-7-15(20)8-5-13)22-23-18(24)11-21-19(25)14-6-9-16(26-2)17(10-14)27-3/h4-10,22H,1,11,20H2,2-3H3,(H,21,25)(H,23,24). The molecule has 8 nitrogen and oxygen atoms in total. The summed E-state index contributed by atoms with van der Waals surface area (Å²) in [4.78, 5) is 24.1. The fourth-order valence-corrected chi connectivity index (χ4v) is 2.19. The van der Waals surface area contributed by atoms with Crippen LogP contribution < -0.4 is 31.4 Å². The minimum absolute atomic E-state index is 0.213. The van der Waals surface area contributed by atoms with Gasteiger partial charge in [0.05, 0.1) is 26.5 Å². The summed E-state index contributed by atoms with van der Waals surface area (Å²) in [7, 11) is 2.99. The molecule has 0 spiro atoms. The van der Waals surface area contributed by atoms with Crippen molar-refractivity contribution in [3.05, 3.63) is 60.2 Å². The number of nitrogens with two attached hydrogens (primary N) is 1. The summed E-state index contributed by atoms with van der Waals surface area (Å²) >= 11 is 0. The van der Waals surface area contributed by atoms with E-state index < -0.39 is 11.8 Å². The first-order valence-corrected chi connectivity index (χ1v) is 8.04. The van der Waals surface area contributed by atoms with E-state index in [2.05, 4.69) is 22.7 Å². The summed E-state index contributed by atoms with van der Waals surface area (Å²) in [5, 5.41) is 2.52. The molecule has 0 saturated heterocycles. The Hall–Kier alpha value is -3.68. The summed E-state index contributed by atoms with van der Waals surface area (Å²) in [6.45, 7) is 3.61. The van der Waals surface area contributed by atoms with Gasteiger partial charge in [-0.3, -0.25) is 20.4 Å². The Bertz CT molecular complexity index is 834. The van der Waals surface area contributed by atoms with Gasteiger partial charge < -0.3 is 20.5 Å². The third-order valence-electron chi connectivity index (χ3n) is 3.67. The molecule has 2 rings (SSSR count). The van der Waals surface area contributed by atoms with E-state index in [4.69, 9.17) is 15.2 Å². The first-order valence-electron chi connectivity index (χ1n) is 8.04. The van der Waals surface area contributed by atoms with Crippen LogP contribution in [0.25, 0.3) is 5.70 Å². The molecule has 0 aromatic heterocycles. The maximum absolute atomic E-state index is 12.2. The predicted octanol–water partition coefficient (Wildman–Crippen LogP) is 1.31. The number of nitrogens with one attached hydrogen (secondary N) is 3. The van der Waals surface area contributed by atoms with Crippen LogP contribution in [0.15, 0.2) is 49.0 Å². The average molecular weight is 370 g/mol. The fraction of sp³-hybridized carbons (Fsp3) is 0.158. The molecule has 0 bridgehead atoms. The number of hydrogen-bond donors (Lipinski definition) is 4. The van der Waals surface area contributed by atoms with Gasteiger partial charge in [-0.15, -0.1) is 0 Å². The highest BCUT2D eigenvalue weighted by Gasteiger charge is 2.12. The highest BCUT2D eigenvalue weighted by molar-refractivity contribution is 5.97. The number of carbonyl (C=O) groups excluding carboxylic acids is 2. The zero-order valence-electron chi connectivity index (χ0n) is 15.2. The maximum atomic E-state index is 12.2. The van der Waals surface area contributed by atoms with Gasteiger partial charge in [-0.25, -0.2) is 0 Å². The maximum Gasteiger partial charge on any atom is 0.257 e. The second-order valence-corrected chi connectivity index (χ2v) is 5.53. The van der Waals surface area contributed by atoms with Gasteiger partial charge in [0.1, 0.15) is 0 Å². The number of benzene rings is 2. The number of hydrogen-bond acceptors (Lipinski definition) is 6. The van der Waals surface area contributed by atoms with Crippen LogP contribution in [0.1, 0.15) is 15.9 Å². The van der Waals surface area contributed by atoms with Crippen molar-refractivity contribution >= 4 is 23.2 Å². The lowest BCUT2D eigenvalue weighted by Gasteiger charge is -2.12. The Morgan fingerprint density at radius 3 is 2.22 bits per heavy atom. The lowest BCUT2D eigenvalue weighted by Crippen LogP contribution is -2.42. The van der Waals surface area contributed by atoms with Crippen LogP contribution in [0.4, 0.5) is 5.69 Å². The molecule has 0 radical (unpaired) electrons. The number of ether oxygens (including phenoxy) is 2. The molecule has 142 valence electrons. The van der Waals surface area contributed by atoms with Crippen LogP contribution in [-0.4, -0.2) is 32.6 Å². The third kappa shape index (κ3) is 5.40. The quantitative estimate of drug-likeness (QED) is 0.411. The molecule has 0 fully saturated rings. The second kappa shape index (κ2) is 9.14.